The van der Waals surface area contributed by atoms with Gasteiger partial charge in [-0.3, -0.25) is 0 Å². The van der Waals surface area contributed by atoms with Gasteiger partial charge in [0.1, 0.15) is 18.0 Å². The van der Waals surface area contributed by atoms with Gasteiger partial charge in [0, 0.05) is 11.4 Å². The van der Waals surface area contributed by atoms with Gasteiger partial charge in [0.15, 0.2) is 5.69 Å². The second-order valence-electron chi connectivity index (χ2n) is 4.19. The fourth-order valence-electron chi connectivity index (χ4n) is 2.05. The molecule has 0 N–H and O–H groups in total. The van der Waals surface area contributed by atoms with Crippen LogP contribution in [0.5, 0.6) is 0 Å². The van der Waals surface area contributed by atoms with Crippen LogP contribution in [0.15, 0.2) is 29.9 Å². The number of rotatable bonds is 2. The minimum atomic E-state index is 0.0891. The van der Waals surface area contributed by atoms with Gasteiger partial charge in [-0.05, 0) is 11.4 Å². The Hall–Kier alpha value is -1.97. The average Bonchev–Trinajstić information content (AvgIpc) is 3.02. The van der Waals surface area contributed by atoms with E-state index in [2.05, 4.69) is 26.3 Å². The van der Waals surface area contributed by atoms with Crippen LogP contribution in [-0.4, -0.2) is 29.7 Å². The number of ether oxygens (including phenoxy) is 1. The van der Waals surface area contributed by atoms with Crippen molar-refractivity contribution in [3.05, 3.63) is 40.5 Å². The van der Waals surface area contributed by atoms with E-state index in [-0.39, 0.29) is 6.10 Å². The summed E-state index contributed by atoms with van der Waals surface area (Å²) in [7, 11) is 0. The Morgan fingerprint density at radius 3 is 3.05 bits per heavy atom. The Morgan fingerprint density at radius 1 is 1.42 bits per heavy atom. The van der Waals surface area contributed by atoms with Crippen LogP contribution in [0, 0.1) is 11.3 Å². The monoisotopic (exact) mass is 272 g/mol. The summed E-state index contributed by atoms with van der Waals surface area (Å²) in [4.78, 5) is 11.7. The van der Waals surface area contributed by atoms with Crippen molar-refractivity contribution in [2.45, 2.75) is 6.10 Å². The van der Waals surface area contributed by atoms with Crippen molar-refractivity contribution in [2.75, 3.05) is 24.6 Å². The summed E-state index contributed by atoms with van der Waals surface area (Å²) >= 11 is 1.70. The minimum Gasteiger partial charge on any atom is -0.369 e. The van der Waals surface area contributed by atoms with Gasteiger partial charge < -0.3 is 9.64 Å². The molecule has 1 saturated heterocycles. The molecular weight excluding hydrogens is 260 g/mol. The second kappa shape index (κ2) is 5.34. The smallest absolute Gasteiger partial charge is 0.158 e. The quantitative estimate of drug-likeness (QED) is 0.836. The van der Waals surface area contributed by atoms with E-state index in [0.29, 0.717) is 12.3 Å². The van der Waals surface area contributed by atoms with Crippen molar-refractivity contribution in [2.24, 2.45) is 0 Å². The lowest BCUT2D eigenvalue weighted by atomic mass is 10.2. The van der Waals surface area contributed by atoms with E-state index in [1.807, 2.05) is 12.1 Å². The number of hydrogen-bond donors (Lipinski definition) is 0. The largest absolute Gasteiger partial charge is 0.369 e. The number of anilines is 1. The highest BCUT2D eigenvalue weighted by Crippen LogP contribution is 2.27. The molecule has 0 radical (unpaired) electrons. The molecule has 0 spiro atoms. The van der Waals surface area contributed by atoms with Gasteiger partial charge in [-0.2, -0.15) is 5.26 Å². The molecule has 0 bridgehead atoms. The number of aromatic nitrogens is 2. The molecule has 1 unspecified atom stereocenters. The van der Waals surface area contributed by atoms with E-state index in [4.69, 9.17) is 10.00 Å². The molecule has 2 aromatic rings. The zero-order valence-electron chi connectivity index (χ0n) is 10.2. The predicted molar refractivity (Wildman–Crippen MR) is 72.0 cm³/mol. The lowest BCUT2D eigenvalue weighted by molar-refractivity contribution is 0.0418. The highest BCUT2D eigenvalue weighted by Gasteiger charge is 2.23. The van der Waals surface area contributed by atoms with Crippen LogP contribution < -0.4 is 4.90 Å². The van der Waals surface area contributed by atoms with Gasteiger partial charge >= 0.3 is 0 Å². The Balaban J connectivity index is 1.76. The Labute approximate surface area is 115 Å². The average molecular weight is 272 g/mol. The molecular formula is C13H12N4OS. The number of nitriles is 1. The second-order valence-corrected chi connectivity index (χ2v) is 5.17. The van der Waals surface area contributed by atoms with E-state index >= 15 is 0 Å². The lowest BCUT2D eigenvalue weighted by Gasteiger charge is -2.33. The third kappa shape index (κ3) is 2.57. The van der Waals surface area contributed by atoms with Crippen LogP contribution in [0.1, 0.15) is 16.7 Å². The normalized spacial score (nSPS) is 19.1. The zero-order valence-corrected chi connectivity index (χ0v) is 11.0. The summed E-state index contributed by atoms with van der Waals surface area (Å²) < 4.78 is 5.79. The van der Waals surface area contributed by atoms with Gasteiger partial charge in [0.2, 0.25) is 0 Å². The number of hydrogen-bond acceptors (Lipinski definition) is 6. The molecule has 5 nitrogen and oxygen atoms in total. The van der Waals surface area contributed by atoms with Crippen LogP contribution in [0.2, 0.25) is 0 Å². The predicted octanol–water partition coefficient (Wildman–Crippen LogP) is 1.99. The van der Waals surface area contributed by atoms with Crippen LogP contribution in [0.4, 0.5) is 5.82 Å². The standard InChI is InChI=1S/C13H12N4OS/c14-6-10-7-16-13(8-15-10)17-3-4-18-11(9-17)12-2-1-5-19-12/h1-2,5,7-8,11H,3-4,9H2. The molecule has 0 aliphatic carbocycles. The maximum atomic E-state index is 8.72. The van der Waals surface area contributed by atoms with Crippen LogP contribution in [0.3, 0.4) is 0 Å². The summed E-state index contributed by atoms with van der Waals surface area (Å²) in [6.07, 6.45) is 3.24. The summed E-state index contributed by atoms with van der Waals surface area (Å²) in [5.41, 5.74) is 0.340. The SMILES string of the molecule is N#Cc1cnc(N2CCOC(c3cccs3)C2)cn1. The van der Waals surface area contributed by atoms with Gasteiger partial charge in [0.25, 0.3) is 0 Å². The maximum absolute atomic E-state index is 8.72. The first-order valence-corrected chi connectivity index (χ1v) is 6.87. The van der Waals surface area contributed by atoms with Crippen molar-refractivity contribution in [1.29, 1.82) is 5.26 Å². The molecule has 0 amide bonds. The van der Waals surface area contributed by atoms with Crippen molar-refractivity contribution >= 4 is 17.2 Å². The first-order chi connectivity index (χ1) is 9.36. The molecule has 3 rings (SSSR count). The van der Waals surface area contributed by atoms with E-state index in [9.17, 15) is 0 Å². The van der Waals surface area contributed by atoms with Crippen molar-refractivity contribution in [3.63, 3.8) is 0 Å². The van der Waals surface area contributed by atoms with E-state index in [1.165, 1.54) is 11.1 Å². The zero-order chi connectivity index (χ0) is 13.1. The first-order valence-electron chi connectivity index (χ1n) is 5.99. The van der Waals surface area contributed by atoms with E-state index in [1.54, 1.807) is 17.5 Å². The molecule has 1 aliphatic rings. The van der Waals surface area contributed by atoms with Crippen molar-refractivity contribution in [1.82, 2.24) is 9.97 Å². The molecule has 0 aromatic carbocycles. The summed E-state index contributed by atoms with van der Waals surface area (Å²) in [5, 5.41) is 10.8. The summed E-state index contributed by atoms with van der Waals surface area (Å²) in [5.74, 6) is 0.795. The van der Waals surface area contributed by atoms with Gasteiger partial charge in [-0.15, -0.1) is 11.3 Å². The minimum absolute atomic E-state index is 0.0891. The topological polar surface area (TPSA) is 62.0 Å². The van der Waals surface area contributed by atoms with Crippen LogP contribution in [-0.2, 0) is 4.74 Å². The van der Waals surface area contributed by atoms with Crippen LogP contribution >= 0.6 is 11.3 Å². The molecule has 6 heteroatoms. The molecule has 3 heterocycles. The summed E-state index contributed by atoms with van der Waals surface area (Å²) in [6, 6.07) is 6.09. The van der Waals surface area contributed by atoms with E-state index < -0.39 is 0 Å². The van der Waals surface area contributed by atoms with Crippen molar-refractivity contribution in [3.8, 4) is 6.07 Å². The van der Waals surface area contributed by atoms with Crippen LogP contribution in [0.25, 0.3) is 0 Å². The highest BCUT2D eigenvalue weighted by atomic mass is 32.1. The molecule has 1 fully saturated rings. The molecule has 96 valence electrons. The fourth-order valence-corrected chi connectivity index (χ4v) is 2.81. The van der Waals surface area contributed by atoms with Crippen molar-refractivity contribution < 1.29 is 4.74 Å². The lowest BCUT2D eigenvalue weighted by Crippen LogP contribution is -2.38. The molecule has 2 aromatic heterocycles. The van der Waals surface area contributed by atoms with Gasteiger partial charge in [-0.25, -0.2) is 9.97 Å². The number of nitrogens with zero attached hydrogens (tertiary/aromatic N) is 4. The molecule has 1 aliphatic heterocycles. The molecule has 1 atom stereocenters. The third-order valence-corrected chi connectivity index (χ3v) is 3.97. The number of thiophene rings is 1. The summed E-state index contributed by atoms with van der Waals surface area (Å²) in [6.45, 7) is 2.23. The molecule has 19 heavy (non-hydrogen) atoms. The maximum Gasteiger partial charge on any atom is 0.158 e. The van der Waals surface area contributed by atoms with Gasteiger partial charge in [-0.1, -0.05) is 6.07 Å². The Bertz CT molecular complexity index is 576. The number of morpholine rings is 1. The fraction of sp³-hybridized carbons (Fsp3) is 0.308. The third-order valence-electron chi connectivity index (χ3n) is 3.00. The molecule has 0 saturated carbocycles. The van der Waals surface area contributed by atoms with Gasteiger partial charge in [0.05, 0.1) is 25.5 Å². The Kier molecular flexibility index (Phi) is 3.40. The Morgan fingerprint density at radius 2 is 2.37 bits per heavy atom. The highest BCUT2D eigenvalue weighted by molar-refractivity contribution is 7.10. The van der Waals surface area contributed by atoms with E-state index in [0.717, 1.165) is 18.9 Å². The first kappa shape index (κ1) is 12.1.